The maximum Gasteiger partial charge on any atom is 0.00164 e. The second-order valence-corrected chi connectivity index (χ2v) is 18.6. The van der Waals surface area contributed by atoms with Gasteiger partial charge >= 0.3 is 0 Å². The first kappa shape index (κ1) is 37.9. The normalized spacial score (nSPS) is 15.8. The quantitative estimate of drug-likeness (QED) is 0.294. The zero-order valence-corrected chi connectivity index (χ0v) is 31.1. The third-order valence-electron chi connectivity index (χ3n) is 8.90. The van der Waals surface area contributed by atoms with Gasteiger partial charge < -0.3 is 0 Å². The molecule has 42 heavy (non-hydrogen) atoms. The first-order valence-corrected chi connectivity index (χ1v) is 16.2. The third-order valence-corrected chi connectivity index (χ3v) is 8.90. The van der Waals surface area contributed by atoms with Crippen molar-refractivity contribution >= 4 is 0 Å². The minimum Gasteiger partial charge on any atom is -0.0836 e. The molecule has 0 aliphatic heterocycles. The highest BCUT2D eigenvalue weighted by molar-refractivity contribution is 5.37. The van der Waals surface area contributed by atoms with Gasteiger partial charge in [0, 0.05) is 5.41 Å². The van der Waals surface area contributed by atoms with Gasteiger partial charge in [-0.25, -0.2) is 0 Å². The molecule has 0 unspecified atom stereocenters. The minimum absolute atomic E-state index is 0.240. The van der Waals surface area contributed by atoms with Crippen LogP contribution in [0.1, 0.15) is 153 Å². The first-order chi connectivity index (χ1) is 18.6. The van der Waals surface area contributed by atoms with Crippen LogP contribution < -0.4 is 0 Å². The SMILES string of the molecule is CC(C)(C)C1(C(C)(C)C)C=CC=CC1.CC(C)(C)c1ccc(C(C)(C)C)cc1.CC(C)(C)c1ccccc1C(C)(C)C. The second kappa shape index (κ2) is 13.3. The Hall–Kier alpha value is -2.08. The molecule has 0 bridgehead atoms. The lowest BCUT2D eigenvalue weighted by Gasteiger charge is -2.52. The van der Waals surface area contributed by atoms with Crippen molar-refractivity contribution in [2.45, 2.75) is 153 Å². The van der Waals surface area contributed by atoms with E-state index in [1.165, 1.54) is 22.3 Å². The fourth-order valence-electron chi connectivity index (χ4n) is 6.12. The molecule has 0 fully saturated rings. The smallest absolute Gasteiger partial charge is 0.00164 e. The van der Waals surface area contributed by atoms with Crippen molar-refractivity contribution in [3.05, 3.63) is 95.1 Å². The fourth-order valence-corrected chi connectivity index (χ4v) is 6.12. The van der Waals surface area contributed by atoms with E-state index in [4.69, 9.17) is 0 Å². The van der Waals surface area contributed by atoms with Crippen molar-refractivity contribution in [2.75, 3.05) is 0 Å². The molecular weight excluding hydrogens is 504 g/mol. The molecule has 0 heteroatoms. The average molecular weight is 573 g/mol. The van der Waals surface area contributed by atoms with Crippen molar-refractivity contribution in [1.82, 2.24) is 0 Å². The monoisotopic (exact) mass is 573 g/mol. The molecule has 1 aliphatic carbocycles. The van der Waals surface area contributed by atoms with E-state index in [0.29, 0.717) is 10.8 Å². The van der Waals surface area contributed by atoms with E-state index in [0.717, 1.165) is 6.42 Å². The Labute approximate surface area is 263 Å². The topological polar surface area (TPSA) is 0 Å². The summed E-state index contributed by atoms with van der Waals surface area (Å²) in [4.78, 5) is 0. The van der Waals surface area contributed by atoms with E-state index in [1.54, 1.807) is 0 Å². The molecule has 3 rings (SSSR count). The summed E-state index contributed by atoms with van der Waals surface area (Å²) in [7, 11) is 0. The number of hydrogen-bond acceptors (Lipinski definition) is 0. The lowest BCUT2D eigenvalue weighted by Crippen LogP contribution is -2.45. The number of rotatable bonds is 0. The Morgan fingerprint density at radius 2 is 0.762 bits per heavy atom. The molecule has 0 N–H and O–H groups in total. The number of allylic oxidation sites excluding steroid dienone is 4. The average Bonchev–Trinajstić information content (AvgIpc) is 2.82. The molecule has 0 spiro atoms. The summed E-state index contributed by atoms with van der Waals surface area (Å²) < 4.78 is 0. The summed E-state index contributed by atoms with van der Waals surface area (Å²) in [5.74, 6) is 0. The van der Waals surface area contributed by atoms with Gasteiger partial charge in [0.15, 0.2) is 0 Å². The summed E-state index contributed by atoms with van der Waals surface area (Å²) in [5.41, 5.74) is 7.66. The van der Waals surface area contributed by atoms with Gasteiger partial charge in [-0.2, -0.15) is 0 Å². The van der Waals surface area contributed by atoms with Gasteiger partial charge in [0.25, 0.3) is 0 Å². The zero-order valence-electron chi connectivity index (χ0n) is 31.1. The Morgan fingerprint density at radius 1 is 0.429 bits per heavy atom. The predicted molar refractivity (Wildman–Crippen MR) is 192 cm³/mol. The molecule has 0 atom stereocenters. The van der Waals surface area contributed by atoms with E-state index in [1.807, 2.05) is 0 Å². The van der Waals surface area contributed by atoms with Crippen LogP contribution in [0.2, 0.25) is 0 Å². The van der Waals surface area contributed by atoms with Gasteiger partial charge in [0.1, 0.15) is 0 Å². The Balaban J connectivity index is 0.000000315. The minimum atomic E-state index is 0.240. The van der Waals surface area contributed by atoms with Crippen LogP contribution in [0.25, 0.3) is 0 Å². The molecule has 0 radical (unpaired) electrons. The highest BCUT2D eigenvalue weighted by Crippen LogP contribution is 2.56. The van der Waals surface area contributed by atoms with Crippen molar-refractivity contribution in [3.63, 3.8) is 0 Å². The van der Waals surface area contributed by atoms with Gasteiger partial charge in [-0.3, -0.25) is 0 Å². The maximum atomic E-state index is 2.41. The largest absolute Gasteiger partial charge is 0.0836 e. The molecule has 0 amide bonds. The lowest BCUT2D eigenvalue weighted by atomic mass is 9.52. The van der Waals surface area contributed by atoms with Crippen LogP contribution in [0.3, 0.4) is 0 Å². The second-order valence-electron chi connectivity index (χ2n) is 18.6. The predicted octanol–water partition coefficient (Wildman–Crippen LogP) is 13.1. The molecule has 0 heterocycles. The summed E-state index contributed by atoms with van der Waals surface area (Å²) in [6, 6.07) is 17.8. The van der Waals surface area contributed by atoms with Gasteiger partial charge in [-0.05, 0) is 61.2 Å². The van der Waals surface area contributed by atoms with Gasteiger partial charge in [0.2, 0.25) is 0 Å². The van der Waals surface area contributed by atoms with E-state index < -0.39 is 0 Å². The van der Waals surface area contributed by atoms with Crippen LogP contribution in [0, 0.1) is 16.2 Å². The van der Waals surface area contributed by atoms with Crippen LogP contribution in [0.5, 0.6) is 0 Å². The van der Waals surface area contributed by atoms with Crippen molar-refractivity contribution < 1.29 is 0 Å². The summed E-state index contributed by atoms with van der Waals surface area (Å²) >= 11 is 0. The molecule has 236 valence electrons. The molecule has 0 aromatic heterocycles. The summed E-state index contributed by atoms with van der Waals surface area (Å²) in [5, 5.41) is 0. The highest BCUT2D eigenvalue weighted by Gasteiger charge is 2.47. The van der Waals surface area contributed by atoms with Gasteiger partial charge in [0.05, 0.1) is 0 Å². The number of benzene rings is 2. The van der Waals surface area contributed by atoms with Crippen LogP contribution in [-0.2, 0) is 21.7 Å². The van der Waals surface area contributed by atoms with E-state index in [-0.39, 0.29) is 27.1 Å². The first-order valence-electron chi connectivity index (χ1n) is 16.2. The Bertz CT molecular complexity index is 1080. The Kier molecular flexibility index (Phi) is 12.0. The zero-order chi connectivity index (χ0) is 33.0. The van der Waals surface area contributed by atoms with Crippen LogP contribution in [0.4, 0.5) is 0 Å². The standard InChI is InChI=1S/2C14H22.C14H24/c1-13(2,3)11-7-9-12(10-8-11)14(4,5)6;1-13(2,3)11-9-7-8-10-12(11)14(4,5)6;1-12(2,3)14(13(4,5)6)10-8-7-9-11-14/h2*7-10H,1-6H3;7-10H,11H2,1-6H3. The fraction of sp³-hybridized carbons (Fsp3) is 0.619. The summed E-state index contributed by atoms with van der Waals surface area (Å²) in [6.45, 7) is 41.2. The van der Waals surface area contributed by atoms with Crippen molar-refractivity contribution in [3.8, 4) is 0 Å². The molecule has 2 aromatic carbocycles. The van der Waals surface area contributed by atoms with Crippen molar-refractivity contribution in [2.24, 2.45) is 16.2 Å². The highest BCUT2D eigenvalue weighted by atomic mass is 14.5. The van der Waals surface area contributed by atoms with E-state index >= 15 is 0 Å². The Morgan fingerprint density at radius 3 is 0.952 bits per heavy atom. The molecule has 1 aliphatic rings. The van der Waals surface area contributed by atoms with Crippen molar-refractivity contribution in [1.29, 1.82) is 0 Å². The summed E-state index contributed by atoms with van der Waals surface area (Å²) in [6.07, 6.45) is 10.2. The third kappa shape index (κ3) is 10.3. The maximum absolute atomic E-state index is 2.41. The molecular formula is C42H68. The number of hydrogen-bond donors (Lipinski definition) is 0. The van der Waals surface area contributed by atoms with Gasteiger partial charge in [-0.15, -0.1) is 0 Å². The molecule has 0 saturated heterocycles. The molecule has 0 saturated carbocycles. The van der Waals surface area contributed by atoms with Crippen LogP contribution in [0.15, 0.2) is 72.8 Å². The lowest BCUT2D eigenvalue weighted by molar-refractivity contribution is 0.0191. The van der Waals surface area contributed by atoms with Gasteiger partial charge in [-0.1, -0.05) is 197 Å². The molecule has 0 nitrogen and oxygen atoms in total. The van der Waals surface area contributed by atoms with Crippen LogP contribution in [-0.4, -0.2) is 0 Å². The molecule has 2 aromatic rings. The van der Waals surface area contributed by atoms with E-state index in [2.05, 4.69) is 197 Å². The van der Waals surface area contributed by atoms with E-state index in [9.17, 15) is 0 Å². The van der Waals surface area contributed by atoms with Crippen LogP contribution >= 0.6 is 0 Å².